The summed E-state index contributed by atoms with van der Waals surface area (Å²) in [6.45, 7) is 4.94. The summed E-state index contributed by atoms with van der Waals surface area (Å²) in [4.78, 5) is 2.34. The van der Waals surface area contributed by atoms with Gasteiger partial charge in [0.05, 0.1) is 6.26 Å². The van der Waals surface area contributed by atoms with Crippen LogP contribution in [0.3, 0.4) is 0 Å². The monoisotopic (exact) mass is 394 g/mol. The van der Waals surface area contributed by atoms with Gasteiger partial charge in [0.1, 0.15) is 0 Å². The second-order valence-corrected chi connectivity index (χ2v) is 8.30. The Morgan fingerprint density at radius 2 is 1.89 bits per heavy atom. The van der Waals surface area contributed by atoms with Crippen molar-refractivity contribution in [2.24, 2.45) is 0 Å². The van der Waals surface area contributed by atoms with E-state index < -0.39 is 10.0 Å². The molecule has 4 nitrogen and oxygen atoms in total. The Morgan fingerprint density at radius 3 is 2.42 bits per heavy atom. The van der Waals surface area contributed by atoms with Gasteiger partial charge in [0.25, 0.3) is 0 Å². The van der Waals surface area contributed by atoms with E-state index in [1.165, 1.54) is 15.4 Å². The molecule has 0 unspecified atom stereocenters. The van der Waals surface area contributed by atoms with E-state index in [0.29, 0.717) is 13.1 Å². The molecule has 0 amide bonds. The molecule has 1 saturated heterocycles. The van der Waals surface area contributed by atoms with Gasteiger partial charge in [-0.05, 0) is 47.2 Å². The molecule has 2 rings (SSSR count). The number of hydrogen-bond acceptors (Lipinski definition) is 3. The third-order valence-corrected chi connectivity index (χ3v) is 5.48. The Hall–Kier alpha value is -0.180. The highest BCUT2D eigenvalue weighted by Gasteiger charge is 2.28. The van der Waals surface area contributed by atoms with Crippen LogP contribution in [0.5, 0.6) is 0 Å². The van der Waals surface area contributed by atoms with Crippen molar-refractivity contribution in [3.05, 3.63) is 33.4 Å². The molecule has 1 aromatic rings. The summed E-state index contributed by atoms with van der Waals surface area (Å²) < 4.78 is 25.9. The Labute approximate surface area is 129 Å². The first-order valence-electron chi connectivity index (χ1n) is 6.30. The fourth-order valence-corrected chi connectivity index (χ4v) is 3.58. The van der Waals surface area contributed by atoms with E-state index in [1.807, 2.05) is 0 Å². The molecular formula is C13H19IN2O2S. The van der Waals surface area contributed by atoms with E-state index in [-0.39, 0.29) is 6.04 Å². The zero-order valence-corrected chi connectivity index (χ0v) is 14.2. The third kappa shape index (κ3) is 4.14. The Balaban J connectivity index is 1.99. The molecule has 0 N–H and O–H groups in total. The SMILES string of the molecule is C[C@@H]1CN(S(C)(=O)=O)CCN1Cc1ccc(I)cc1. The van der Waals surface area contributed by atoms with Crippen LogP contribution in [0.2, 0.25) is 0 Å². The maximum atomic E-state index is 11.5. The lowest BCUT2D eigenvalue weighted by Gasteiger charge is -2.38. The quantitative estimate of drug-likeness (QED) is 0.734. The van der Waals surface area contributed by atoms with Gasteiger partial charge in [-0.1, -0.05) is 12.1 Å². The zero-order chi connectivity index (χ0) is 14.0. The molecule has 0 saturated carbocycles. The average Bonchev–Trinajstić information content (AvgIpc) is 2.33. The first-order chi connectivity index (χ1) is 8.86. The second kappa shape index (κ2) is 6.07. The zero-order valence-electron chi connectivity index (χ0n) is 11.2. The van der Waals surface area contributed by atoms with E-state index in [1.54, 1.807) is 4.31 Å². The van der Waals surface area contributed by atoms with Crippen LogP contribution in [0.15, 0.2) is 24.3 Å². The minimum Gasteiger partial charge on any atom is -0.294 e. The predicted molar refractivity (Wildman–Crippen MR) is 85.4 cm³/mol. The smallest absolute Gasteiger partial charge is 0.211 e. The number of rotatable bonds is 3. The minimum atomic E-state index is -3.06. The van der Waals surface area contributed by atoms with Crippen molar-refractivity contribution in [2.45, 2.75) is 19.5 Å². The summed E-state index contributed by atoms with van der Waals surface area (Å²) in [6.07, 6.45) is 1.29. The maximum absolute atomic E-state index is 11.5. The van der Waals surface area contributed by atoms with E-state index in [4.69, 9.17) is 0 Å². The number of piperazine rings is 1. The molecule has 1 aliphatic heterocycles. The largest absolute Gasteiger partial charge is 0.294 e. The van der Waals surface area contributed by atoms with Crippen LogP contribution in [-0.4, -0.2) is 49.6 Å². The number of halogens is 1. The van der Waals surface area contributed by atoms with Crippen molar-refractivity contribution in [2.75, 3.05) is 25.9 Å². The molecule has 6 heteroatoms. The van der Waals surface area contributed by atoms with Crippen LogP contribution < -0.4 is 0 Å². The standard InChI is InChI=1S/C13H19IN2O2S/c1-11-9-16(19(2,17)18)8-7-15(11)10-12-3-5-13(14)6-4-12/h3-6,11H,7-10H2,1-2H3/t11-/m1/s1. The molecule has 1 heterocycles. The van der Waals surface area contributed by atoms with Crippen molar-refractivity contribution in [3.63, 3.8) is 0 Å². The van der Waals surface area contributed by atoms with E-state index >= 15 is 0 Å². The summed E-state index contributed by atoms with van der Waals surface area (Å²) in [6, 6.07) is 8.73. The molecular weight excluding hydrogens is 375 g/mol. The highest BCUT2D eigenvalue weighted by atomic mass is 127. The molecule has 0 bridgehead atoms. The van der Waals surface area contributed by atoms with Crippen LogP contribution >= 0.6 is 22.6 Å². The maximum Gasteiger partial charge on any atom is 0.211 e. The number of hydrogen-bond donors (Lipinski definition) is 0. The first-order valence-corrected chi connectivity index (χ1v) is 9.22. The Kier molecular flexibility index (Phi) is 4.86. The fourth-order valence-electron chi connectivity index (χ4n) is 2.32. The van der Waals surface area contributed by atoms with Crippen molar-refractivity contribution >= 4 is 32.6 Å². The average molecular weight is 394 g/mol. The molecule has 1 atom stereocenters. The van der Waals surface area contributed by atoms with Crippen molar-refractivity contribution < 1.29 is 8.42 Å². The van der Waals surface area contributed by atoms with Gasteiger partial charge in [-0.25, -0.2) is 8.42 Å². The highest BCUT2D eigenvalue weighted by molar-refractivity contribution is 14.1. The summed E-state index contributed by atoms with van der Waals surface area (Å²) in [5.74, 6) is 0. The lowest BCUT2D eigenvalue weighted by atomic mass is 10.1. The molecule has 1 fully saturated rings. The molecule has 1 aliphatic rings. The van der Waals surface area contributed by atoms with Crippen LogP contribution in [-0.2, 0) is 16.6 Å². The van der Waals surface area contributed by atoms with Crippen LogP contribution in [0.25, 0.3) is 0 Å². The molecule has 0 aromatic heterocycles. The van der Waals surface area contributed by atoms with Crippen molar-refractivity contribution in [1.29, 1.82) is 0 Å². The lowest BCUT2D eigenvalue weighted by molar-refractivity contribution is 0.122. The fraction of sp³-hybridized carbons (Fsp3) is 0.538. The molecule has 106 valence electrons. The molecule has 1 aromatic carbocycles. The van der Waals surface area contributed by atoms with Gasteiger partial charge < -0.3 is 0 Å². The van der Waals surface area contributed by atoms with Gasteiger partial charge in [-0.2, -0.15) is 4.31 Å². The number of sulfonamides is 1. The van der Waals surface area contributed by atoms with Gasteiger partial charge in [0.15, 0.2) is 0 Å². The second-order valence-electron chi connectivity index (χ2n) is 5.07. The summed E-state index contributed by atoms with van der Waals surface area (Å²) in [5, 5.41) is 0. The molecule has 19 heavy (non-hydrogen) atoms. The molecule has 0 spiro atoms. The lowest BCUT2D eigenvalue weighted by Crippen LogP contribution is -2.52. The van der Waals surface area contributed by atoms with Crippen LogP contribution in [0.4, 0.5) is 0 Å². The summed E-state index contributed by atoms with van der Waals surface area (Å²) in [5.41, 5.74) is 1.28. The van der Waals surface area contributed by atoms with Gasteiger partial charge >= 0.3 is 0 Å². The Morgan fingerprint density at radius 1 is 1.26 bits per heavy atom. The van der Waals surface area contributed by atoms with E-state index in [0.717, 1.165) is 13.1 Å². The van der Waals surface area contributed by atoms with Crippen LogP contribution in [0.1, 0.15) is 12.5 Å². The van der Waals surface area contributed by atoms with Gasteiger partial charge in [0.2, 0.25) is 10.0 Å². The first kappa shape index (κ1) is 15.2. The Bertz CT molecular complexity index is 530. The highest BCUT2D eigenvalue weighted by Crippen LogP contribution is 2.16. The van der Waals surface area contributed by atoms with E-state index in [9.17, 15) is 8.42 Å². The molecule has 0 aliphatic carbocycles. The third-order valence-electron chi connectivity index (χ3n) is 3.50. The van der Waals surface area contributed by atoms with Gasteiger partial charge in [-0.15, -0.1) is 0 Å². The van der Waals surface area contributed by atoms with Crippen LogP contribution in [0, 0.1) is 3.57 Å². The number of nitrogens with zero attached hydrogens (tertiary/aromatic N) is 2. The normalized spacial score (nSPS) is 22.6. The van der Waals surface area contributed by atoms with Crippen molar-refractivity contribution in [1.82, 2.24) is 9.21 Å². The van der Waals surface area contributed by atoms with Gasteiger partial charge in [0, 0.05) is 35.8 Å². The van der Waals surface area contributed by atoms with Crippen molar-refractivity contribution in [3.8, 4) is 0 Å². The number of benzene rings is 1. The van der Waals surface area contributed by atoms with E-state index in [2.05, 4.69) is 58.7 Å². The summed E-state index contributed by atoms with van der Waals surface area (Å²) in [7, 11) is -3.06. The molecule has 0 radical (unpaired) electrons. The minimum absolute atomic E-state index is 0.253. The topological polar surface area (TPSA) is 40.6 Å². The van der Waals surface area contributed by atoms with Gasteiger partial charge in [-0.3, -0.25) is 4.90 Å². The summed E-state index contributed by atoms with van der Waals surface area (Å²) >= 11 is 2.30. The predicted octanol–water partition coefficient (Wildman–Crippen LogP) is 1.76.